The highest BCUT2D eigenvalue weighted by molar-refractivity contribution is 5.10. The van der Waals surface area contributed by atoms with Gasteiger partial charge in [-0.05, 0) is 117 Å². The van der Waals surface area contributed by atoms with Crippen molar-refractivity contribution in [3.63, 3.8) is 0 Å². The molecule has 0 aromatic rings. The van der Waals surface area contributed by atoms with E-state index in [9.17, 15) is 18.3 Å². The number of aliphatic hydroxyl groups is 1. The summed E-state index contributed by atoms with van der Waals surface area (Å²) in [7, 11) is 0. The standard InChI is InChI=1S/C26H43F3O.C2H6/c1-4-25-15-12-20(30)16-19(25)8-10-21-22-11-9-18(24(22,3)14-13-23(21)25)7-5-6-17(2)26(27,28)29;1-2/h17-23,30H,4-16H2,1-3H3;1-2H3. The summed E-state index contributed by atoms with van der Waals surface area (Å²) >= 11 is 0. The molecule has 0 aromatic carbocycles. The molecular formula is C28H49F3O. The van der Waals surface area contributed by atoms with Crippen molar-refractivity contribution in [1.29, 1.82) is 0 Å². The average molecular weight is 459 g/mol. The molecule has 4 saturated carbocycles. The van der Waals surface area contributed by atoms with Crippen LogP contribution in [0.5, 0.6) is 0 Å². The smallest absolute Gasteiger partial charge is 0.391 e. The maximum absolute atomic E-state index is 12.9. The summed E-state index contributed by atoms with van der Waals surface area (Å²) in [5.41, 5.74) is 0.794. The van der Waals surface area contributed by atoms with Crippen LogP contribution in [0.1, 0.15) is 118 Å². The predicted octanol–water partition coefficient (Wildman–Crippen LogP) is 8.79. The molecule has 32 heavy (non-hydrogen) atoms. The maximum Gasteiger partial charge on any atom is 0.391 e. The fourth-order valence-corrected chi connectivity index (χ4v) is 9.16. The largest absolute Gasteiger partial charge is 0.393 e. The van der Waals surface area contributed by atoms with E-state index >= 15 is 0 Å². The second-order valence-electron chi connectivity index (χ2n) is 11.9. The molecule has 0 aliphatic heterocycles. The van der Waals surface area contributed by atoms with Crippen molar-refractivity contribution in [2.75, 3.05) is 0 Å². The molecule has 0 heterocycles. The number of rotatable bonds is 5. The van der Waals surface area contributed by atoms with E-state index in [1.165, 1.54) is 58.3 Å². The van der Waals surface area contributed by atoms with Gasteiger partial charge in [-0.2, -0.15) is 13.2 Å². The van der Waals surface area contributed by atoms with Gasteiger partial charge in [0, 0.05) is 0 Å². The third kappa shape index (κ3) is 4.65. The Morgan fingerprint density at radius 1 is 0.969 bits per heavy atom. The molecule has 0 radical (unpaired) electrons. The minimum Gasteiger partial charge on any atom is -0.393 e. The lowest BCUT2D eigenvalue weighted by Gasteiger charge is -2.62. The Morgan fingerprint density at radius 2 is 1.69 bits per heavy atom. The lowest BCUT2D eigenvalue weighted by atomic mass is 9.43. The maximum atomic E-state index is 12.9. The van der Waals surface area contributed by atoms with Crippen LogP contribution in [0.4, 0.5) is 13.2 Å². The molecule has 9 atom stereocenters. The van der Waals surface area contributed by atoms with Gasteiger partial charge in [-0.15, -0.1) is 0 Å². The molecule has 1 N–H and O–H groups in total. The van der Waals surface area contributed by atoms with Gasteiger partial charge in [-0.3, -0.25) is 0 Å². The van der Waals surface area contributed by atoms with Crippen LogP contribution >= 0.6 is 0 Å². The Morgan fingerprint density at radius 3 is 2.34 bits per heavy atom. The van der Waals surface area contributed by atoms with E-state index in [1.54, 1.807) is 0 Å². The summed E-state index contributed by atoms with van der Waals surface area (Å²) in [4.78, 5) is 0. The van der Waals surface area contributed by atoms with Crippen molar-refractivity contribution in [3.05, 3.63) is 0 Å². The van der Waals surface area contributed by atoms with Gasteiger partial charge in [0.05, 0.1) is 12.0 Å². The second-order valence-corrected chi connectivity index (χ2v) is 11.9. The lowest BCUT2D eigenvalue weighted by molar-refractivity contribution is -0.171. The number of hydrogen-bond acceptors (Lipinski definition) is 1. The minimum atomic E-state index is -4.04. The molecule has 0 bridgehead atoms. The summed E-state index contributed by atoms with van der Waals surface area (Å²) in [5.74, 6) is 2.56. The zero-order valence-electron chi connectivity index (χ0n) is 21.3. The van der Waals surface area contributed by atoms with Crippen molar-refractivity contribution < 1.29 is 18.3 Å². The molecule has 0 saturated heterocycles. The fraction of sp³-hybridized carbons (Fsp3) is 1.00. The van der Waals surface area contributed by atoms with Crippen molar-refractivity contribution >= 4 is 0 Å². The Hall–Kier alpha value is -0.250. The molecule has 9 unspecified atom stereocenters. The van der Waals surface area contributed by atoms with Crippen LogP contribution in [0.2, 0.25) is 0 Å². The molecule has 4 fully saturated rings. The van der Waals surface area contributed by atoms with Crippen LogP contribution in [0.25, 0.3) is 0 Å². The highest BCUT2D eigenvalue weighted by Crippen LogP contribution is 2.68. The van der Waals surface area contributed by atoms with Crippen LogP contribution in [0.15, 0.2) is 0 Å². The van der Waals surface area contributed by atoms with Crippen molar-refractivity contribution in [1.82, 2.24) is 0 Å². The molecule has 188 valence electrons. The first-order valence-electron chi connectivity index (χ1n) is 13.9. The van der Waals surface area contributed by atoms with E-state index in [4.69, 9.17) is 0 Å². The molecular weight excluding hydrogens is 409 g/mol. The van der Waals surface area contributed by atoms with E-state index in [0.29, 0.717) is 22.7 Å². The fourth-order valence-electron chi connectivity index (χ4n) is 9.16. The van der Waals surface area contributed by atoms with Crippen LogP contribution < -0.4 is 0 Å². The lowest BCUT2D eigenvalue weighted by Crippen LogP contribution is -2.54. The van der Waals surface area contributed by atoms with Gasteiger partial charge >= 0.3 is 6.18 Å². The van der Waals surface area contributed by atoms with E-state index < -0.39 is 12.1 Å². The highest BCUT2D eigenvalue weighted by Gasteiger charge is 2.60. The Labute approximate surface area is 195 Å². The highest BCUT2D eigenvalue weighted by atomic mass is 19.4. The van der Waals surface area contributed by atoms with Crippen LogP contribution in [0, 0.1) is 46.3 Å². The number of halogens is 3. The summed E-state index contributed by atoms with van der Waals surface area (Å²) in [6.07, 6.45) is 10.0. The first-order valence-corrected chi connectivity index (χ1v) is 13.9. The van der Waals surface area contributed by atoms with E-state index in [-0.39, 0.29) is 12.5 Å². The third-order valence-electron chi connectivity index (χ3n) is 10.9. The minimum absolute atomic E-state index is 0.0879. The second kappa shape index (κ2) is 10.2. The monoisotopic (exact) mass is 458 g/mol. The van der Waals surface area contributed by atoms with Crippen LogP contribution in [-0.2, 0) is 0 Å². The number of aliphatic hydroxyl groups excluding tert-OH is 1. The van der Waals surface area contributed by atoms with Gasteiger partial charge in [0.15, 0.2) is 0 Å². The van der Waals surface area contributed by atoms with E-state index in [0.717, 1.165) is 43.4 Å². The Kier molecular flexibility index (Phi) is 8.37. The summed E-state index contributed by atoms with van der Waals surface area (Å²) < 4.78 is 38.7. The molecule has 0 amide bonds. The zero-order chi connectivity index (χ0) is 23.7. The zero-order valence-corrected chi connectivity index (χ0v) is 21.3. The van der Waals surface area contributed by atoms with Crippen LogP contribution in [0.3, 0.4) is 0 Å². The molecule has 0 aromatic heterocycles. The first kappa shape index (κ1) is 26.4. The Bertz CT molecular complexity index is 604. The van der Waals surface area contributed by atoms with Gasteiger partial charge in [0.1, 0.15) is 0 Å². The van der Waals surface area contributed by atoms with Gasteiger partial charge in [-0.1, -0.05) is 41.0 Å². The molecule has 4 aliphatic carbocycles. The van der Waals surface area contributed by atoms with E-state index in [2.05, 4.69) is 13.8 Å². The van der Waals surface area contributed by atoms with Gasteiger partial charge < -0.3 is 5.11 Å². The molecule has 4 rings (SSSR count). The molecule has 4 aliphatic rings. The first-order chi connectivity index (χ1) is 15.1. The van der Waals surface area contributed by atoms with Crippen molar-refractivity contribution in [3.8, 4) is 0 Å². The molecule has 4 heteroatoms. The predicted molar refractivity (Wildman–Crippen MR) is 126 cm³/mol. The normalized spacial score (nSPS) is 44.5. The SMILES string of the molecule is CC.CCC12CCC(O)CC1CCC1C3CCC(CCCC(C)C(F)(F)F)C3(C)CCC12. The molecule has 1 nitrogen and oxygen atoms in total. The molecule has 0 spiro atoms. The summed E-state index contributed by atoms with van der Waals surface area (Å²) in [6, 6.07) is 0. The van der Waals surface area contributed by atoms with E-state index in [1.807, 2.05) is 13.8 Å². The third-order valence-corrected chi connectivity index (χ3v) is 10.9. The van der Waals surface area contributed by atoms with Gasteiger partial charge in [-0.25, -0.2) is 0 Å². The summed E-state index contributed by atoms with van der Waals surface area (Å²) in [5, 5.41) is 10.3. The average Bonchev–Trinajstić information content (AvgIpc) is 3.10. The van der Waals surface area contributed by atoms with Crippen LogP contribution in [-0.4, -0.2) is 17.4 Å². The number of hydrogen-bond donors (Lipinski definition) is 1. The summed E-state index contributed by atoms with van der Waals surface area (Å²) in [6.45, 7) is 10.2. The van der Waals surface area contributed by atoms with Crippen molar-refractivity contribution in [2.24, 2.45) is 46.3 Å². The van der Waals surface area contributed by atoms with Gasteiger partial charge in [0.2, 0.25) is 0 Å². The van der Waals surface area contributed by atoms with Gasteiger partial charge in [0.25, 0.3) is 0 Å². The Balaban J connectivity index is 0.00000141. The number of alkyl halides is 3. The van der Waals surface area contributed by atoms with Crippen molar-refractivity contribution in [2.45, 2.75) is 130 Å². The quantitative estimate of drug-likeness (QED) is 0.436. The topological polar surface area (TPSA) is 20.2 Å². The number of fused-ring (bicyclic) bond motifs is 5.